The molecule has 29 heavy (non-hydrogen) atoms. The van der Waals surface area contributed by atoms with Crippen molar-refractivity contribution in [3.63, 3.8) is 0 Å². The molecule has 2 aliphatic rings. The van der Waals surface area contributed by atoms with Crippen molar-refractivity contribution in [1.29, 1.82) is 0 Å². The van der Waals surface area contributed by atoms with Crippen molar-refractivity contribution in [1.82, 2.24) is 0 Å². The van der Waals surface area contributed by atoms with Crippen LogP contribution in [0.4, 0.5) is 11.4 Å². The van der Waals surface area contributed by atoms with E-state index in [0.717, 1.165) is 36.9 Å². The summed E-state index contributed by atoms with van der Waals surface area (Å²) in [6, 6.07) is 16.5. The van der Waals surface area contributed by atoms with E-state index in [1.54, 1.807) is 0 Å². The Morgan fingerprint density at radius 3 is 2.45 bits per heavy atom. The summed E-state index contributed by atoms with van der Waals surface area (Å²) in [5, 5.41) is 3.85. The van der Waals surface area contributed by atoms with Crippen molar-refractivity contribution >= 4 is 28.9 Å². The predicted molar refractivity (Wildman–Crippen MR) is 120 cm³/mol. The van der Waals surface area contributed by atoms with E-state index in [0.29, 0.717) is 12.5 Å². The summed E-state index contributed by atoms with van der Waals surface area (Å²) in [5.41, 5.74) is 3.50. The molecule has 1 aliphatic carbocycles. The van der Waals surface area contributed by atoms with Gasteiger partial charge in [0.2, 0.25) is 0 Å². The number of hydrogen-bond donors (Lipinski definition) is 2. The summed E-state index contributed by atoms with van der Waals surface area (Å²) in [4.78, 5) is 16.2. The van der Waals surface area contributed by atoms with Crippen LogP contribution in [-0.4, -0.2) is 38.6 Å². The van der Waals surface area contributed by atoms with Crippen LogP contribution in [-0.2, 0) is 4.79 Å². The Balaban J connectivity index is 1.24. The molecule has 0 unspecified atom stereocenters. The van der Waals surface area contributed by atoms with E-state index in [1.165, 1.54) is 48.3 Å². The zero-order valence-corrected chi connectivity index (χ0v) is 17.8. The summed E-state index contributed by atoms with van der Waals surface area (Å²) in [7, 11) is 0. The van der Waals surface area contributed by atoms with E-state index in [-0.39, 0.29) is 5.91 Å². The lowest BCUT2D eigenvalue weighted by Gasteiger charge is -2.33. The van der Waals surface area contributed by atoms with Gasteiger partial charge in [-0.05, 0) is 54.7 Å². The first-order valence-corrected chi connectivity index (χ1v) is 11.3. The number of amides is 1. The second-order valence-corrected chi connectivity index (χ2v) is 8.84. The van der Waals surface area contributed by atoms with Gasteiger partial charge < -0.3 is 15.1 Å². The number of hydrogen-bond acceptors (Lipinski definition) is 2. The van der Waals surface area contributed by atoms with Gasteiger partial charge in [0.25, 0.3) is 5.91 Å². The Kier molecular flexibility index (Phi) is 6.73. The Bertz CT molecular complexity index is 809. The van der Waals surface area contributed by atoms with Crippen molar-refractivity contribution in [2.24, 2.45) is 0 Å². The Hall–Kier alpha value is -2.04. The van der Waals surface area contributed by atoms with Gasteiger partial charge in [0.15, 0.2) is 6.54 Å². The number of quaternary nitrogens is 1. The van der Waals surface area contributed by atoms with E-state index >= 15 is 0 Å². The van der Waals surface area contributed by atoms with E-state index in [1.807, 2.05) is 18.2 Å². The Labute approximate surface area is 178 Å². The average molecular weight is 413 g/mol. The molecule has 4 rings (SSSR count). The monoisotopic (exact) mass is 412 g/mol. The number of carbonyl (C=O) groups excluding carboxylic acids is 1. The quantitative estimate of drug-likeness (QED) is 0.785. The molecule has 5 heteroatoms. The molecule has 0 bridgehead atoms. The van der Waals surface area contributed by atoms with Crippen molar-refractivity contribution < 1.29 is 9.69 Å². The highest BCUT2D eigenvalue weighted by atomic mass is 35.5. The van der Waals surface area contributed by atoms with Gasteiger partial charge in [-0.2, -0.15) is 0 Å². The van der Waals surface area contributed by atoms with E-state index < -0.39 is 0 Å². The normalized spacial score (nSPS) is 18.6. The zero-order valence-electron chi connectivity index (χ0n) is 17.0. The molecule has 2 N–H and O–H groups in total. The molecule has 2 fully saturated rings. The van der Waals surface area contributed by atoms with E-state index in [4.69, 9.17) is 11.6 Å². The lowest BCUT2D eigenvalue weighted by molar-refractivity contribution is -0.892. The van der Waals surface area contributed by atoms with Crippen LogP contribution in [0.2, 0.25) is 5.02 Å². The minimum atomic E-state index is 0.0987. The molecule has 0 atom stereocenters. The summed E-state index contributed by atoms with van der Waals surface area (Å²) >= 11 is 6.11. The average Bonchev–Trinajstić information content (AvgIpc) is 2.75. The van der Waals surface area contributed by atoms with Crippen LogP contribution in [0.3, 0.4) is 0 Å². The maximum absolute atomic E-state index is 12.5. The first-order valence-electron chi connectivity index (χ1n) is 10.9. The largest absolute Gasteiger partial charge is 0.360 e. The molecule has 4 nitrogen and oxygen atoms in total. The number of rotatable bonds is 5. The molecule has 1 heterocycles. The molecule has 2 aromatic rings. The number of nitrogens with one attached hydrogen (secondary N) is 2. The predicted octanol–water partition coefficient (Wildman–Crippen LogP) is 3.73. The second-order valence-electron chi connectivity index (χ2n) is 8.40. The fraction of sp³-hybridized carbons (Fsp3) is 0.458. The fourth-order valence-corrected chi connectivity index (χ4v) is 4.82. The van der Waals surface area contributed by atoms with Crippen LogP contribution < -0.4 is 15.1 Å². The van der Waals surface area contributed by atoms with Crippen LogP contribution in [0, 0.1) is 0 Å². The van der Waals surface area contributed by atoms with Gasteiger partial charge in [-0.3, -0.25) is 4.79 Å². The van der Waals surface area contributed by atoms with Crippen LogP contribution in [0.25, 0.3) is 0 Å². The van der Waals surface area contributed by atoms with Crippen LogP contribution >= 0.6 is 11.6 Å². The summed E-state index contributed by atoms with van der Waals surface area (Å²) in [5.74, 6) is 0.801. The number of benzene rings is 2. The van der Waals surface area contributed by atoms with E-state index in [2.05, 4.69) is 40.5 Å². The molecule has 0 spiro atoms. The van der Waals surface area contributed by atoms with Crippen molar-refractivity contribution in [2.75, 3.05) is 42.9 Å². The highest BCUT2D eigenvalue weighted by Gasteiger charge is 2.22. The molecule has 1 amide bonds. The van der Waals surface area contributed by atoms with Crippen molar-refractivity contribution in [2.45, 2.75) is 38.0 Å². The van der Waals surface area contributed by atoms with Gasteiger partial charge in [0, 0.05) is 16.4 Å². The highest BCUT2D eigenvalue weighted by Crippen LogP contribution is 2.32. The molecular formula is C24H31ClN3O+. The number of nitrogens with zero attached hydrogens (tertiary/aromatic N) is 1. The van der Waals surface area contributed by atoms with Crippen molar-refractivity contribution in [3.8, 4) is 0 Å². The summed E-state index contributed by atoms with van der Waals surface area (Å²) in [6.07, 6.45) is 6.67. The number of halogens is 1. The van der Waals surface area contributed by atoms with Gasteiger partial charge in [-0.1, -0.05) is 49.1 Å². The molecule has 0 radical (unpaired) electrons. The third kappa shape index (κ3) is 5.52. The lowest BCUT2D eigenvalue weighted by Crippen LogP contribution is -3.15. The first kappa shape index (κ1) is 20.2. The Morgan fingerprint density at radius 1 is 1.03 bits per heavy atom. The molecule has 1 aliphatic heterocycles. The minimum absolute atomic E-state index is 0.0987. The van der Waals surface area contributed by atoms with Gasteiger partial charge in [0.1, 0.15) is 0 Å². The molecule has 1 saturated heterocycles. The van der Waals surface area contributed by atoms with Crippen molar-refractivity contribution in [3.05, 3.63) is 59.1 Å². The maximum atomic E-state index is 12.5. The van der Waals surface area contributed by atoms with Gasteiger partial charge >= 0.3 is 0 Å². The van der Waals surface area contributed by atoms with Gasteiger partial charge in [-0.25, -0.2) is 0 Å². The van der Waals surface area contributed by atoms with Crippen LogP contribution in [0.5, 0.6) is 0 Å². The van der Waals surface area contributed by atoms with Crippen LogP contribution in [0.15, 0.2) is 48.5 Å². The standard InChI is InChI=1S/C24H30ClN3O/c25-21-7-4-8-23(17-21)28-15-13-27(14-16-28)18-24(29)26-22-11-9-20(10-12-22)19-5-2-1-3-6-19/h4,7-12,17,19H,1-3,5-6,13-16,18H2,(H,26,29)/p+1. The highest BCUT2D eigenvalue weighted by molar-refractivity contribution is 6.30. The fourth-order valence-electron chi connectivity index (χ4n) is 4.64. The molecule has 1 saturated carbocycles. The summed E-state index contributed by atoms with van der Waals surface area (Å²) < 4.78 is 0. The molecule has 154 valence electrons. The molecule has 0 aromatic heterocycles. The lowest BCUT2D eigenvalue weighted by atomic mass is 9.84. The van der Waals surface area contributed by atoms with E-state index in [9.17, 15) is 4.79 Å². The third-order valence-electron chi connectivity index (χ3n) is 6.33. The Morgan fingerprint density at radius 2 is 1.76 bits per heavy atom. The molecule has 2 aromatic carbocycles. The van der Waals surface area contributed by atoms with Gasteiger partial charge in [0.05, 0.1) is 26.2 Å². The number of piperazine rings is 1. The number of anilines is 2. The van der Waals surface area contributed by atoms with Crippen LogP contribution in [0.1, 0.15) is 43.6 Å². The van der Waals surface area contributed by atoms with Gasteiger partial charge in [-0.15, -0.1) is 0 Å². The first-order chi connectivity index (χ1) is 14.2. The second kappa shape index (κ2) is 9.64. The SMILES string of the molecule is O=C(C[NH+]1CCN(c2cccc(Cl)c2)CC1)Nc1ccc(C2CCCCC2)cc1. The topological polar surface area (TPSA) is 36.8 Å². The third-order valence-corrected chi connectivity index (χ3v) is 6.56. The maximum Gasteiger partial charge on any atom is 0.279 e. The zero-order chi connectivity index (χ0) is 20.1. The minimum Gasteiger partial charge on any atom is -0.360 e. The molecular weight excluding hydrogens is 382 g/mol. The smallest absolute Gasteiger partial charge is 0.279 e. The number of carbonyl (C=O) groups is 1. The summed E-state index contributed by atoms with van der Waals surface area (Å²) in [6.45, 7) is 4.33.